The van der Waals surface area contributed by atoms with E-state index in [1.165, 1.54) is 5.38 Å². The van der Waals surface area contributed by atoms with Gasteiger partial charge in [0.25, 0.3) is 0 Å². The highest BCUT2D eigenvalue weighted by molar-refractivity contribution is 7.13. The number of nitrogens with two attached hydrogens (primary N) is 2. The van der Waals surface area contributed by atoms with Crippen molar-refractivity contribution in [3.63, 3.8) is 0 Å². The van der Waals surface area contributed by atoms with E-state index in [1.54, 1.807) is 0 Å². The van der Waals surface area contributed by atoms with Crippen LogP contribution in [0.25, 0.3) is 0 Å². The molecule has 0 fully saturated rings. The van der Waals surface area contributed by atoms with Crippen molar-refractivity contribution in [1.82, 2.24) is 4.98 Å². The quantitative estimate of drug-likeness (QED) is 0.414. The SMILES string of the molecule is NC(N)=Nc1nc(C(=O)O)cs1.O. The summed E-state index contributed by atoms with van der Waals surface area (Å²) in [5, 5.41) is 10.1. The molecule has 0 saturated carbocycles. The van der Waals surface area contributed by atoms with E-state index in [9.17, 15) is 4.79 Å². The number of carbonyl (C=O) groups is 1. The summed E-state index contributed by atoms with van der Waals surface area (Å²) in [4.78, 5) is 17.5. The monoisotopic (exact) mass is 204 g/mol. The lowest BCUT2D eigenvalue weighted by atomic mass is 10.5. The number of aromatic carboxylic acids is 1. The molecular weight excluding hydrogens is 196 g/mol. The van der Waals surface area contributed by atoms with Crippen molar-refractivity contribution in [2.24, 2.45) is 16.5 Å². The van der Waals surface area contributed by atoms with Gasteiger partial charge in [-0.2, -0.15) is 4.99 Å². The molecule has 0 amide bonds. The van der Waals surface area contributed by atoms with Crippen LogP contribution in [0.15, 0.2) is 10.4 Å². The smallest absolute Gasteiger partial charge is 0.355 e. The first-order valence-electron chi connectivity index (χ1n) is 2.88. The second kappa shape index (κ2) is 4.38. The lowest BCUT2D eigenvalue weighted by Crippen LogP contribution is -2.21. The lowest BCUT2D eigenvalue weighted by molar-refractivity contribution is 0.0691. The third-order valence-electron chi connectivity index (χ3n) is 0.936. The molecule has 0 aliphatic rings. The maximum absolute atomic E-state index is 10.3. The summed E-state index contributed by atoms with van der Waals surface area (Å²) in [6.45, 7) is 0. The van der Waals surface area contributed by atoms with Gasteiger partial charge in [-0.25, -0.2) is 9.78 Å². The van der Waals surface area contributed by atoms with Crippen LogP contribution >= 0.6 is 11.3 Å². The highest BCUT2D eigenvalue weighted by Crippen LogP contribution is 2.17. The molecule has 1 rings (SSSR count). The maximum atomic E-state index is 10.3. The average Bonchev–Trinajstić information content (AvgIpc) is 2.34. The molecule has 0 unspecified atom stereocenters. The molecule has 0 radical (unpaired) electrons. The molecule has 7 N–H and O–H groups in total. The van der Waals surface area contributed by atoms with Crippen LogP contribution in [0, 0.1) is 0 Å². The van der Waals surface area contributed by atoms with Gasteiger partial charge < -0.3 is 22.1 Å². The van der Waals surface area contributed by atoms with E-state index in [4.69, 9.17) is 16.6 Å². The van der Waals surface area contributed by atoms with Gasteiger partial charge >= 0.3 is 5.97 Å². The summed E-state index contributed by atoms with van der Waals surface area (Å²) < 4.78 is 0. The second-order valence-corrected chi connectivity index (χ2v) is 2.69. The molecule has 1 heterocycles. The zero-order chi connectivity index (χ0) is 9.14. The van der Waals surface area contributed by atoms with E-state index in [2.05, 4.69) is 9.98 Å². The molecule has 0 bridgehead atoms. The largest absolute Gasteiger partial charge is 0.476 e. The Morgan fingerprint density at radius 3 is 2.62 bits per heavy atom. The van der Waals surface area contributed by atoms with Crippen LogP contribution in [0.2, 0.25) is 0 Å². The number of thiazole rings is 1. The molecule has 0 atom stereocenters. The Hall–Kier alpha value is -1.67. The van der Waals surface area contributed by atoms with Gasteiger partial charge in [-0.3, -0.25) is 0 Å². The Bertz CT molecular complexity index is 330. The van der Waals surface area contributed by atoms with Crippen LogP contribution in [0.5, 0.6) is 0 Å². The third kappa shape index (κ3) is 3.05. The fourth-order valence-electron chi connectivity index (χ4n) is 0.524. The van der Waals surface area contributed by atoms with Crippen molar-refractivity contribution < 1.29 is 15.4 Å². The van der Waals surface area contributed by atoms with Crippen LogP contribution in [0.1, 0.15) is 10.5 Å². The van der Waals surface area contributed by atoms with Gasteiger partial charge in [-0.15, -0.1) is 11.3 Å². The maximum Gasteiger partial charge on any atom is 0.355 e. The number of rotatable bonds is 2. The molecule has 1 aromatic rings. The Kier molecular flexibility index (Phi) is 3.82. The lowest BCUT2D eigenvalue weighted by Gasteiger charge is -1.85. The van der Waals surface area contributed by atoms with Crippen molar-refractivity contribution in [3.05, 3.63) is 11.1 Å². The second-order valence-electron chi connectivity index (χ2n) is 1.86. The summed E-state index contributed by atoms with van der Waals surface area (Å²) in [6.07, 6.45) is 0. The van der Waals surface area contributed by atoms with Gasteiger partial charge in [-0.1, -0.05) is 0 Å². The summed E-state index contributed by atoms with van der Waals surface area (Å²) in [5.74, 6) is -1.23. The number of hydrogen-bond donors (Lipinski definition) is 3. The molecule has 1 aromatic heterocycles. The van der Waals surface area contributed by atoms with Crippen molar-refractivity contribution in [2.75, 3.05) is 0 Å². The van der Waals surface area contributed by atoms with Gasteiger partial charge in [0.2, 0.25) is 5.13 Å². The van der Waals surface area contributed by atoms with E-state index in [-0.39, 0.29) is 22.3 Å². The van der Waals surface area contributed by atoms with Crippen molar-refractivity contribution in [2.45, 2.75) is 0 Å². The first-order valence-corrected chi connectivity index (χ1v) is 3.76. The summed E-state index contributed by atoms with van der Waals surface area (Å²) in [7, 11) is 0. The summed E-state index contributed by atoms with van der Waals surface area (Å²) >= 11 is 1.07. The number of guanidine groups is 1. The van der Waals surface area contributed by atoms with Gasteiger partial charge in [0.05, 0.1) is 0 Å². The molecule has 0 aromatic carbocycles. The Morgan fingerprint density at radius 2 is 2.23 bits per heavy atom. The Labute approximate surface area is 77.0 Å². The number of nitrogens with zero attached hydrogens (tertiary/aromatic N) is 2. The molecule has 0 spiro atoms. The van der Waals surface area contributed by atoms with E-state index in [0.717, 1.165) is 11.3 Å². The topological polar surface area (TPSA) is 146 Å². The Morgan fingerprint density at radius 1 is 1.62 bits per heavy atom. The molecule has 0 aliphatic heterocycles. The van der Waals surface area contributed by atoms with Crippen molar-refractivity contribution in [3.8, 4) is 0 Å². The number of carboxylic acid groups (broad SMARTS) is 1. The summed E-state index contributed by atoms with van der Waals surface area (Å²) in [6, 6.07) is 0. The van der Waals surface area contributed by atoms with Gasteiger partial charge in [-0.05, 0) is 0 Å². The fraction of sp³-hybridized carbons (Fsp3) is 0. The van der Waals surface area contributed by atoms with Crippen LogP contribution in [0.4, 0.5) is 5.13 Å². The normalized spacial score (nSPS) is 8.62. The molecular formula is C5H8N4O3S. The molecule has 8 heteroatoms. The van der Waals surface area contributed by atoms with E-state index >= 15 is 0 Å². The van der Waals surface area contributed by atoms with Gasteiger partial charge in [0, 0.05) is 5.38 Å². The molecule has 0 saturated heterocycles. The number of aliphatic imine (C=N–C) groups is 1. The molecule has 13 heavy (non-hydrogen) atoms. The minimum absolute atomic E-state index is 0. The number of aromatic nitrogens is 1. The fourth-order valence-corrected chi connectivity index (χ4v) is 1.20. The highest BCUT2D eigenvalue weighted by Gasteiger charge is 2.07. The van der Waals surface area contributed by atoms with Crippen LogP contribution in [-0.4, -0.2) is 27.5 Å². The standard InChI is InChI=1S/C5H6N4O2S.H2O/c6-4(7)9-5-8-2(1-12-5)3(10)11;/h1H,(H,10,11)(H4,6,7,8,9);1H2. The minimum Gasteiger partial charge on any atom is -0.476 e. The van der Waals surface area contributed by atoms with E-state index in [0.29, 0.717) is 0 Å². The number of carboxylic acids is 1. The number of hydrogen-bond acceptors (Lipinski definition) is 4. The van der Waals surface area contributed by atoms with Crippen LogP contribution in [0.3, 0.4) is 0 Å². The first kappa shape index (κ1) is 11.3. The Balaban J connectivity index is 0.00000144. The van der Waals surface area contributed by atoms with Crippen molar-refractivity contribution in [1.29, 1.82) is 0 Å². The zero-order valence-corrected chi connectivity index (χ0v) is 7.21. The average molecular weight is 204 g/mol. The summed E-state index contributed by atoms with van der Waals surface area (Å²) in [5.41, 5.74) is 10.1. The van der Waals surface area contributed by atoms with Gasteiger partial charge in [0.15, 0.2) is 11.7 Å². The van der Waals surface area contributed by atoms with Crippen LogP contribution in [-0.2, 0) is 0 Å². The van der Waals surface area contributed by atoms with Crippen molar-refractivity contribution >= 4 is 28.4 Å². The first-order chi connectivity index (χ1) is 5.59. The molecule has 72 valence electrons. The van der Waals surface area contributed by atoms with Crippen LogP contribution < -0.4 is 11.5 Å². The third-order valence-corrected chi connectivity index (χ3v) is 1.67. The predicted octanol–water partition coefficient (Wildman–Crippen LogP) is -1.08. The van der Waals surface area contributed by atoms with E-state index < -0.39 is 5.97 Å². The molecule has 7 nitrogen and oxygen atoms in total. The minimum atomic E-state index is -1.09. The zero-order valence-electron chi connectivity index (χ0n) is 6.39. The molecule has 0 aliphatic carbocycles. The van der Waals surface area contributed by atoms with Gasteiger partial charge in [0.1, 0.15) is 0 Å². The highest BCUT2D eigenvalue weighted by atomic mass is 32.1. The predicted molar refractivity (Wildman–Crippen MR) is 48.2 cm³/mol. The van der Waals surface area contributed by atoms with E-state index in [1.807, 2.05) is 0 Å².